The van der Waals surface area contributed by atoms with Gasteiger partial charge in [0.15, 0.2) is 5.85 Å². The first kappa shape index (κ1) is 28.3. The van der Waals surface area contributed by atoms with Crippen LogP contribution in [0.3, 0.4) is 0 Å². The molecule has 0 aliphatic carbocycles. The SMILES string of the molecule is [B][C@@H]1O[C@H](CC(C)(CC)OP(C)(=O)[C@@H](C)C(C)(CC)OP(=O)(O)C(C)O)[C@@H](O)[C@H]1O. The molecule has 0 aromatic heterocycles. The van der Waals surface area contributed by atoms with E-state index < -0.39 is 62.0 Å². The Balaban J connectivity index is 3.06. The molecule has 1 fully saturated rings. The monoisotopic (exact) mass is 470 g/mol. The molecule has 0 saturated carbocycles. The summed E-state index contributed by atoms with van der Waals surface area (Å²) < 4.78 is 42.8. The second-order valence-electron chi connectivity index (χ2n) is 8.76. The molecule has 1 heterocycles. The molecule has 2 radical (unpaired) electrons. The van der Waals surface area contributed by atoms with E-state index in [1.165, 1.54) is 6.66 Å². The van der Waals surface area contributed by atoms with E-state index in [2.05, 4.69) is 0 Å². The highest BCUT2D eigenvalue weighted by molar-refractivity contribution is 7.59. The molecule has 0 bridgehead atoms. The number of aliphatic hydroxyl groups is 3. The minimum atomic E-state index is -4.35. The first-order chi connectivity index (χ1) is 13.4. The minimum absolute atomic E-state index is 0.135. The lowest BCUT2D eigenvalue weighted by Gasteiger charge is -2.42. The normalized spacial score (nSPS) is 34.9. The van der Waals surface area contributed by atoms with Crippen molar-refractivity contribution in [1.82, 2.24) is 0 Å². The zero-order chi connectivity index (χ0) is 23.7. The third-order valence-electron chi connectivity index (χ3n) is 6.28. The number of ether oxygens (including phenoxy) is 1. The van der Waals surface area contributed by atoms with Crippen molar-refractivity contribution in [2.75, 3.05) is 6.66 Å². The van der Waals surface area contributed by atoms with E-state index in [1.807, 2.05) is 6.92 Å². The highest BCUT2D eigenvalue weighted by Crippen LogP contribution is 2.61. The van der Waals surface area contributed by atoms with E-state index in [9.17, 15) is 29.3 Å². The predicted octanol–water partition coefficient (Wildman–Crippen LogP) is 2.18. The maximum absolute atomic E-state index is 13.6. The summed E-state index contributed by atoms with van der Waals surface area (Å²) in [5.41, 5.74) is -3.08. The third kappa shape index (κ3) is 6.40. The van der Waals surface area contributed by atoms with Crippen molar-refractivity contribution in [3.8, 4) is 0 Å². The van der Waals surface area contributed by atoms with Gasteiger partial charge < -0.3 is 29.5 Å². The van der Waals surface area contributed by atoms with Gasteiger partial charge in [-0.1, -0.05) is 20.8 Å². The molecule has 0 amide bonds. The predicted molar refractivity (Wildman–Crippen MR) is 115 cm³/mol. The minimum Gasteiger partial charge on any atom is -0.388 e. The molecular formula is C18H37BO9P2. The van der Waals surface area contributed by atoms with Crippen LogP contribution in [0.25, 0.3) is 0 Å². The average Bonchev–Trinajstić information content (AvgIpc) is 2.86. The smallest absolute Gasteiger partial charge is 0.356 e. The summed E-state index contributed by atoms with van der Waals surface area (Å²) in [6.45, 7) is 11.0. The van der Waals surface area contributed by atoms with E-state index in [0.29, 0.717) is 6.42 Å². The van der Waals surface area contributed by atoms with Crippen molar-refractivity contribution in [2.45, 2.75) is 108 Å². The van der Waals surface area contributed by atoms with E-state index >= 15 is 0 Å². The molecule has 12 heteroatoms. The van der Waals surface area contributed by atoms with Crippen molar-refractivity contribution < 1.29 is 43.1 Å². The van der Waals surface area contributed by atoms with Crippen LogP contribution in [0.15, 0.2) is 0 Å². The van der Waals surface area contributed by atoms with Crippen LogP contribution in [-0.2, 0) is 22.9 Å². The van der Waals surface area contributed by atoms with Crippen molar-refractivity contribution in [3.05, 3.63) is 0 Å². The Morgan fingerprint density at radius 1 is 1.10 bits per heavy atom. The van der Waals surface area contributed by atoms with Gasteiger partial charge in [-0.3, -0.25) is 13.7 Å². The summed E-state index contributed by atoms with van der Waals surface area (Å²) >= 11 is 0. The zero-order valence-electron chi connectivity index (χ0n) is 18.9. The molecule has 0 spiro atoms. The van der Waals surface area contributed by atoms with Gasteiger partial charge in [0.05, 0.1) is 29.1 Å². The molecule has 1 saturated heterocycles. The van der Waals surface area contributed by atoms with Crippen molar-refractivity contribution in [2.24, 2.45) is 0 Å². The van der Waals surface area contributed by atoms with Gasteiger partial charge in [-0.2, -0.15) is 0 Å². The van der Waals surface area contributed by atoms with Gasteiger partial charge in [-0.15, -0.1) is 0 Å². The van der Waals surface area contributed by atoms with Crippen LogP contribution in [0.1, 0.15) is 60.8 Å². The Morgan fingerprint density at radius 2 is 1.63 bits per heavy atom. The van der Waals surface area contributed by atoms with Crippen LogP contribution < -0.4 is 0 Å². The fourth-order valence-corrected chi connectivity index (χ4v) is 7.03. The Hall–Kier alpha value is 0.245. The van der Waals surface area contributed by atoms with Crippen LogP contribution >= 0.6 is 15.0 Å². The van der Waals surface area contributed by atoms with Gasteiger partial charge in [-0.05, 0) is 33.6 Å². The van der Waals surface area contributed by atoms with Crippen molar-refractivity contribution in [1.29, 1.82) is 0 Å². The van der Waals surface area contributed by atoms with E-state index in [1.54, 1.807) is 27.7 Å². The highest BCUT2D eigenvalue weighted by atomic mass is 31.2. The van der Waals surface area contributed by atoms with Gasteiger partial charge in [0.2, 0.25) is 7.37 Å². The molecule has 1 aliphatic heterocycles. The Labute approximate surface area is 180 Å². The third-order valence-corrected chi connectivity index (χ3v) is 10.7. The van der Waals surface area contributed by atoms with Crippen molar-refractivity contribution >= 4 is 22.8 Å². The Bertz CT molecular complexity index is 678. The van der Waals surface area contributed by atoms with Crippen LogP contribution in [0.4, 0.5) is 0 Å². The molecule has 0 aromatic rings. The Kier molecular flexibility index (Phi) is 9.45. The number of rotatable bonds is 11. The van der Waals surface area contributed by atoms with Crippen LogP contribution in [0.2, 0.25) is 0 Å². The maximum Gasteiger partial charge on any atom is 0.356 e. The molecule has 1 aliphatic rings. The fourth-order valence-electron chi connectivity index (χ4n) is 3.44. The highest BCUT2D eigenvalue weighted by Gasteiger charge is 2.50. The van der Waals surface area contributed by atoms with Crippen LogP contribution in [-0.4, -0.2) is 81.7 Å². The number of hydrogen-bond acceptors (Lipinski definition) is 8. The second-order valence-corrected chi connectivity index (χ2v) is 13.6. The average molecular weight is 470 g/mol. The lowest BCUT2D eigenvalue weighted by Crippen LogP contribution is -2.43. The summed E-state index contributed by atoms with van der Waals surface area (Å²) in [4.78, 5) is 9.99. The lowest BCUT2D eigenvalue weighted by atomic mass is 9.90. The van der Waals surface area contributed by atoms with Gasteiger partial charge in [0.25, 0.3) is 0 Å². The van der Waals surface area contributed by atoms with E-state index in [-0.39, 0.29) is 12.8 Å². The molecule has 5 unspecified atom stereocenters. The van der Waals surface area contributed by atoms with Gasteiger partial charge in [0.1, 0.15) is 14.0 Å². The zero-order valence-corrected chi connectivity index (χ0v) is 20.7. The molecule has 30 heavy (non-hydrogen) atoms. The summed E-state index contributed by atoms with van der Waals surface area (Å²) in [5.74, 6) is -1.59. The first-order valence-corrected chi connectivity index (χ1v) is 14.0. The van der Waals surface area contributed by atoms with Crippen molar-refractivity contribution in [3.63, 3.8) is 0 Å². The summed E-state index contributed by atoms with van der Waals surface area (Å²) in [5, 5.41) is 29.6. The summed E-state index contributed by atoms with van der Waals surface area (Å²) in [7, 11) is -2.16. The molecule has 4 N–H and O–H groups in total. The topological polar surface area (TPSA) is 143 Å². The largest absolute Gasteiger partial charge is 0.388 e. The number of aliphatic hydroxyl groups excluding tert-OH is 3. The molecule has 1 rings (SSSR count). The molecule has 10 atom stereocenters. The van der Waals surface area contributed by atoms with E-state index in [4.69, 9.17) is 21.6 Å². The standard InChI is InChI=1S/C18H37BO9P2/c1-8-17(5,10-13-14(21)15(22)16(19)26-13)27-29(7,23)11(3)18(6,9-2)28-30(24,25)12(4)20/h11-16,20-22H,8-10H2,1-7H3,(H,24,25)/t11-,12?,13+,14+,15+,16+,17?,18?,29?/m0/s1. The van der Waals surface area contributed by atoms with Crippen LogP contribution in [0.5, 0.6) is 0 Å². The first-order valence-electron chi connectivity index (χ1n) is 10.2. The fraction of sp³-hybridized carbons (Fsp3) is 1.00. The second kappa shape index (κ2) is 10.0. The Morgan fingerprint density at radius 3 is 2.00 bits per heavy atom. The maximum atomic E-state index is 13.6. The van der Waals surface area contributed by atoms with E-state index in [0.717, 1.165) is 6.92 Å². The molecule has 176 valence electrons. The summed E-state index contributed by atoms with van der Waals surface area (Å²) in [6, 6.07) is -1.02. The van der Waals surface area contributed by atoms with Gasteiger partial charge >= 0.3 is 7.60 Å². The quantitative estimate of drug-likeness (QED) is 0.264. The number of hydrogen-bond donors (Lipinski definition) is 4. The van der Waals surface area contributed by atoms with Crippen LogP contribution in [0, 0.1) is 0 Å². The molecule has 9 nitrogen and oxygen atoms in total. The van der Waals surface area contributed by atoms with Gasteiger partial charge in [-0.25, -0.2) is 0 Å². The summed E-state index contributed by atoms with van der Waals surface area (Å²) in [6.07, 6.45) is -2.41. The molecule has 0 aromatic carbocycles. The molecular weight excluding hydrogens is 433 g/mol. The lowest BCUT2D eigenvalue weighted by molar-refractivity contribution is -0.0345. The van der Waals surface area contributed by atoms with Gasteiger partial charge in [0, 0.05) is 19.1 Å².